The Balaban J connectivity index is 0.00000220. The molecule has 4 nitrogen and oxygen atoms in total. The van der Waals surface area contributed by atoms with Gasteiger partial charge in [0.25, 0.3) is 0 Å². The molecule has 2 heterocycles. The van der Waals surface area contributed by atoms with Gasteiger partial charge in [-0.15, -0.1) is 24.8 Å². The molecule has 1 fully saturated rings. The maximum absolute atomic E-state index is 12.8. The summed E-state index contributed by atoms with van der Waals surface area (Å²) < 4.78 is 44.0. The van der Waals surface area contributed by atoms with Crippen LogP contribution in [-0.2, 0) is 10.9 Å². The zero-order chi connectivity index (χ0) is 14.8. The molecule has 0 radical (unpaired) electrons. The van der Waals surface area contributed by atoms with Gasteiger partial charge in [-0.05, 0) is 32.0 Å². The monoisotopic (exact) mass is 361 g/mol. The van der Waals surface area contributed by atoms with Crippen molar-refractivity contribution in [1.82, 2.24) is 4.98 Å². The van der Waals surface area contributed by atoms with Gasteiger partial charge in [-0.2, -0.15) is 13.2 Å². The molecule has 1 aliphatic rings. The summed E-state index contributed by atoms with van der Waals surface area (Å²) in [5, 5.41) is 0. The van der Waals surface area contributed by atoms with Gasteiger partial charge in [0.05, 0.1) is 18.3 Å². The van der Waals surface area contributed by atoms with Crippen molar-refractivity contribution in [2.24, 2.45) is 5.73 Å². The Morgan fingerprint density at radius 2 is 2.05 bits per heavy atom. The second kappa shape index (κ2) is 8.76. The maximum atomic E-state index is 12.8. The summed E-state index contributed by atoms with van der Waals surface area (Å²) in [4.78, 5) is 6.03. The molecule has 9 heteroatoms. The SMILES string of the molecule is Cc1cc(C(F)(F)F)cc(N2CCOC(CCN)C2)n1.Cl.Cl. The van der Waals surface area contributed by atoms with Crippen LogP contribution in [0.25, 0.3) is 0 Å². The first-order valence-electron chi connectivity index (χ1n) is 6.52. The molecule has 0 saturated carbocycles. The van der Waals surface area contributed by atoms with Crippen LogP contribution in [-0.4, -0.2) is 37.3 Å². The number of anilines is 1. The van der Waals surface area contributed by atoms with Crippen molar-refractivity contribution < 1.29 is 17.9 Å². The van der Waals surface area contributed by atoms with Crippen molar-refractivity contribution in [1.29, 1.82) is 0 Å². The number of pyridine rings is 1. The smallest absolute Gasteiger partial charge is 0.374 e. The lowest BCUT2D eigenvalue weighted by molar-refractivity contribution is -0.137. The largest absolute Gasteiger partial charge is 0.416 e. The summed E-state index contributed by atoms with van der Waals surface area (Å²) in [6, 6.07) is 2.15. The van der Waals surface area contributed by atoms with Crippen molar-refractivity contribution in [2.75, 3.05) is 31.1 Å². The number of aryl methyl sites for hydroxylation is 1. The molecule has 1 aromatic heterocycles. The van der Waals surface area contributed by atoms with E-state index < -0.39 is 11.7 Å². The molecule has 0 aromatic carbocycles. The summed E-state index contributed by atoms with van der Waals surface area (Å²) >= 11 is 0. The molecule has 2 N–H and O–H groups in total. The van der Waals surface area contributed by atoms with Crippen LogP contribution in [0.2, 0.25) is 0 Å². The van der Waals surface area contributed by atoms with Gasteiger partial charge in [0.1, 0.15) is 5.82 Å². The summed E-state index contributed by atoms with van der Waals surface area (Å²) in [7, 11) is 0. The summed E-state index contributed by atoms with van der Waals surface area (Å²) in [5.74, 6) is 0.350. The number of aromatic nitrogens is 1. The first kappa shape index (κ1) is 21.2. The Kier molecular flexibility index (Phi) is 8.46. The molecule has 1 unspecified atom stereocenters. The molecule has 0 spiro atoms. The van der Waals surface area contributed by atoms with E-state index in [0.29, 0.717) is 44.2 Å². The summed E-state index contributed by atoms with van der Waals surface area (Å²) in [6.07, 6.45) is -3.72. The van der Waals surface area contributed by atoms with Crippen molar-refractivity contribution >= 4 is 30.6 Å². The standard InChI is InChI=1S/C13H18F3N3O.2ClH/c1-9-6-10(13(14,15)16)7-12(18-9)19-4-5-20-11(8-19)2-3-17;;/h6-7,11H,2-5,8,17H2,1H3;2*1H. The van der Waals surface area contributed by atoms with Crippen LogP contribution in [0, 0.1) is 6.92 Å². The highest BCUT2D eigenvalue weighted by atomic mass is 35.5. The van der Waals surface area contributed by atoms with Gasteiger partial charge >= 0.3 is 6.18 Å². The Morgan fingerprint density at radius 3 is 2.64 bits per heavy atom. The minimum Gasteiger partial charge on any atom is -0.374 e. The number of hydrogen-bond donors (Lipinski definition) is 1. The van der Waals surface area contributed by atoms with Gasteiger partial charge in [-0.25, -0.2) is 4.98 Å². The van der Waals surface area contributed by atoms with Crippen molar-refractivity contribution in [3.8, 4) is 0 Å². The molecule has 2 rings (SSSR count). The van der Waals surface area contributed by atoms with E-state index in [1.165, 1.54) is 0 Å². The number of rotatable bonds is 3. The molecule has 22 heavy (non-hydrogen) atoms. The third-order valence-electron chi connectivity index (χ3n) is 3.22. The van der Waals surface area contributed by atoms with Crippen LogP contribution >= 0.6 is 24.8 Å². The Hall–Kier alpha value is -0.760. The molecular formula is C13H20Cl2F3N3O. The molecule has 0 aliphatic carbocycles. The van der Waals surface area contributed by atoms with Crippen molar-refractivity contribution in [3.05, 3.63) is 23.4 Å². The fraction of sp³-hybridized carbons (Fsp3) is 0.615. The number of nitrogens with zero attached hydrogens (tertiary/aromatic N) is 2. The van der Waals surface area contributed by atoms with Gasteiger partial charge < -0.3 is 15.4 Å². The second-order valence-corrected chi connectivity index (χ2v) is 4.87. The van der Waals surface area contributed by atoms with Gasteiger partial charge in [-0.3, -0.25) is 0 Å². The van der Waals surface area contributed by atoms with Crippen LogP contribution in [0.5, 0.6) is 0 Å². The average Bonchev–Trinajstić information content (AvgIpc) is 2.38. The Morgan fingerprint density at radius 1 is 1.36 bits per heavy atom. The lowest BCUT2D eigenvalue weighted by Crippen LogP contribution is -2.43. The van der Waals surface area contributed by atoms with Crippen LogP contribution < -0.4 is 10.6 Å². The predicted octanol–water partition coefficient (Wildman–Crippen LogP) is 2.81. The van der Waals surface area contributed by atoms with Crippen LogP contribution in [0.4, 0.5) is 19.0 Å². The van der Waals surface area contributed by atoms with E-state index in [4.69, 9.17) is 10.5 Å². The topological polar surface area (TPSA) is 51.4 Å². The Labute approximate surface area is 140 Å². The number of hydrogen-bond acceptors (Lipinski definition) is 4. The first-order chi connectivity index (χ1) is 9.40. The third-order valence-corrected chi connectivity index (χ3v) is 3.22. The number of nitrogens with two attached hydrogens (primary N) is 1. The normalized spacial score (nSPS) is 18.4. The minimum absolute atomic E-state index is 0. The van der Waals surface area contributed by atoms with Crippen LogP contribution in [0.1, 0.15) is 17.7 Å². The molecule has 0 bridgehead atoms. The van der Waals surface area contributed by atoms with Crippen LogP contribution in [0.3, 0.4) is 0 Å². The highest BCUT2D eigenvalue weighted by Gasteiger charge is 2.32. The lowest BCUT2D eigenvalue weighted by atomic mass is 10.1. The van der Waals surface area contributed by atoms with Gasteiger partial charge in [0, 0.05) is 18.8 Å². The van der Waals surface area contributed by atoms with E-state index in [0.717, 1.165) is 12.1 Å². The lowest BCUT2D eigenvalue weighted by Gasteiger charge is -2.34. The molecule has 128 valence electrons. The van der Waals surface area contributed by atoms with Crippen LogP contribution in [0.15, 0.2) is 12.1 Å². The highest BCUT2D eigenvalue weighted by molar-refractivity contribution is 5.85. The van der Waals surface area contributed by atoms with Crippen molar-refractivity contribution in [3.63, 3.8) is 0 Å². The predicted molar refractivity (Wildman–Crippen MR) is 84.1 cm³/mol. The first-order valence-corrected chi connectivity index (χ1v) is 6.52. The molecule has 1 aliphatic heterocycles. The second-order valence-electron chi connectivity index (χ2n) is 4.87. The zero-order valence-corrected chi connectivity index (χ0v) is 13.7. The molecule has 1 saturated heterocycles. The summed E-state index contributed by atoms with van der Waals surface area (Å²) in [6.45, 7) is 3.59. The van der Waals surface area contributed by atoms with E-state index in [-0.39, 0.29) is 30.9 Å². The number of alkyl halides is 3. The van der Waals surface area contributed by atoms with E-state index in [2.05, 4.69) is 4.98 Å². The molecule has 0 amide bonds. The number of halogens is 5. The summed E-state index contributed by atoms with van der Waals surface area (Å²) in [5.41, 5.74) is 5.18. The Bertz CT molecular complexity index is 472. The van der Waals surface area contributed by atoms with Gasteiger partial charge in [0.2, 0.25) is 0 Å². The van der Waals surface area contributed by atoms with Gasteiger partial charge in [-0.1, -0.05) is 0 Å². The zero-order valence-electron chi connectivity index (χ0n) is 12.1. The quantitative estimate of drug-likeness (QED) is 0.899. The highest BCUT2D eigenvalue weighted by Crippen LogP contribution is 2.32. The van der Waals surface area contributed by atoms with E-state index in [9.17, 15) is 13.2 Å². The average molecular weight is 362 g/mol. The molecular weight excluding hydrogens is 342 g/mol. The maximum Gasteiger partial charge on any atom is 0.416 e. The van der Waals surface area contributed by atoms with E-state index in [1.807, 2.05) is 4.90 Å². The fourth-order valence-corrected chi connectivity index (χ4v) is 2.26. The fourth-order valence-electron chi connectivity index (χ4n) is 2.26. The molecule has 1 aromatic rings. The van der Waals surface area contributed by atoms with E-state index in [1.54, 1.807) is 6.92 Å². The van der Waals surface area contributed by atoms with Crippen molar-refractivity contribution in [2.45, 2.75) is 25.6 Å². The minimum atomic E-state index is -4.36. The number of morpholine rings is 1. The molecule has 1 atom stereocenters. The van der Waals surface area contributed by atoms with Gasteiger partial charge in [0.15, 0.2) is 0 Å². The number of ether oxygens (including phenoxy) is 1. The van der Waals surface area contributed by atoms with E-state index >= 15 is 0 Å². The third kappa shape index (κ3) is 5.46.